The van der Waals surface area contributed by atoms with E-state index in [0.29, 0.717) is 11.1 Å². The van der Waals surface area contributed by atoms with Gasteiger partial charge in [-0.1, -0.05) is 30.3 Å². The summed E-state index contributed by atoms with van der Waals surface area (Å²) in [5, 5.41) is 42.3. The van der Waals surface area contributed by atoms with Gasteiger partial charge in [-0.05, 0) is 50.6 Å². The molecule has 0 bridgehead atoms. The number of methoxy groups -OCH3 is 1. The van der Waals surface area contributed by atoms with Crippen molar-refractivity contribution in [1.82, 2.24) is 0 Å². The van der Waals surface area contributed by atoms with Crippen LogP contribution < -0.4 is 16.1 Å². The third-order valence-corrected chi connectivity index (χ3v) is 7.95. The van der Waals surface area contributed by atoms with Gasteiger partial charge in [-0.2, -0.15) is 0 Å². The predicted octanol–water partition coefficient (Wildman–Crippen LogP) is 3.66. The average Bonchev–Trinajstić information content (AvgIpc) is 3.00. The van der Waals surface area contributed by atoms with Crippen LogP contribution in [-0.2, 0) is 20.6 Å². The number of primary amides is 1. The Morgan fingerprint density at radius 1 is 1.02 bits per heavy atom. The van der Waals surface area contributed by atoms with Crippen molar-refractivity contribution in [2.45, 2.75) is 57.4 Å². The first-order valence-electron chi connectivity index (χ1n) is 14.2. The predicted molar refractivity (Wildman–Crippen MR) is 163 cm³/mol. The van der Waals surface area contributed by atoms with Crippen LogP contribution in [0.3, 0.4) is 0 Å². The van der Waals surface area contributed by atoms with Crippen LogP contribution in [0.5, 0.6) is 23.0 Å². The number of hydrogen-bond acceptors (Lipinski definition) is 12. The van der Waals surface area contributed by atoms with Gasteiger partial charge in [-0.25, -0.2) is 9.59 Å². The molecular formula is C33H33NO12. The molecular weight excluding hydrogens is 602 g/mol. The van der Waals surface area contributed by atoms with Crippen molar-refractivity contribution in [2.24, 2.45) is 5.73 Å². The maximum atomic E-state index is 13.2. The first kappa shape index (κ1) is 32.3. The number of Topliss-reactive ketones (excluding diaryl/α,β-unsaturated/α-hetero) is 1. The molecule has 1 aromatic heterocycles. The van der Waals surface area contributed by atoms with Crippen LogP contribution in [0, 0.1) is 6.92 Å². The van der Waals surface area contributed by atoms with Gasteiger partial charge in [0.1, 0.15) is 23.2 Å². The lowest BCUT2D eigenvalue weighted by Crippen LogP contribution is -2.65. The molecule has 4 atom stereocenters. The molecule has 0 radical (unpaired) electrons. The van der Waals surface area contributed by atoms with Gasteiger partial charge in [0.25, 0.3) is 0 Å². The standard InChI is InChI=1S/C33H33NO12/c1-15-23(43-31-26(39)28(45-32(34)41)29(42-4)33(2,3)46-31)12-11-19-24(37)20(30(40)44-27(15)19)14-22(36)17-8-5-7-16(13-17)18-9-6-10-21(35)25(18)38/h5-13,26,28-29,31,35,37-39H,14H2,1-4H3,(H2,34,41)/t26-,28+,29-,31-/m1/s1. The number of phenolic OH excluding ortho intramolecular Hbond substituents is 2. The molecule has 13 nitrogen and oxygen atoms in total. The van der Waals surface area contributed by atoms with Crippen LogP contribution in [0.4, 0.5) is 4.79 Å². The molecule has 46 heavy (non-hydrogen) atoms. The van der Waals surface area contributed by atoms with Crippen molar-refractivity contribution >= 4 is 22.8 Å². The Hall–Kier alpha value is -5.11. The number of benzene rings is 3. The van der Waals surface area contributed by atoms with E-state index in [2.05, 4.69) is 0 Å². The highest BCUT2D eigenvalue weighted by Crippen LogP contribution is 2.39. The molecule has 3 aromatic carbocycles. The summed E-state index contributed by atoms with van der Waals surface area (Å²) in [7, 11) is 1.37. The minimum atomic E-state index is -1.52. The molecule has 1 saturated heterocycles. The number of hydrogen-bond donors (Lipinski definition) is 5. The van der Waals surface area contributed by atoms with E-state index in [-0.39, 0.29) is 44.9 Å². The first-order chi connectivity index (χ1) is 21.7. The van der Waals surface area contributed by atoms with Gasteiger partial charge in [0, 0.05) is 30.2 Å². The number of ketones is 1. The molecule has 0 saturated carbocycles. The SMILES string of the molecule is CO[C@@H]1[C@@H](OC(N)=O)[C@@H](O)[C@H](Oc2ccc3c(O)c(CC(=O)c4cccc(-c5cccc(O)c5O)c4)c(=O)oc3c2C)OC1(C)C. The Bertz CT molecular complexity index is 1880. The van der Waals surface area contributed by atoms with Crippen LogP contribution in [0.15, 0.2) is 63.8 Å². The molecule has 0 spiro atoms. The third kappa shape index (κ3) is 5.95. The quantitative estimate of drug-likeness (QED) is 0.107. The molecule has 1 aliphatic heterocycles. The second kappa shape index (κ2) is 12.4. The van der Waals surface area contributed by atoms with E-state index in [1.54, 1.807) is 45.0 Å². The Kier molecular flexibility index (Phi) is 8.67. The maximum Gasteiger partial charge on any atom is 0.404 e. The molecule has 13 heteroatoms. The van der Waals surface area contributed by atoms with E-state index >= 15 is 0 Å². The smallest absolute Gasteiger partial charge is 0.404 e. The maximum absolute atomic E-state index is 13.2. The monoisotopic (exact) mass is 635 g/mol. The lowest BCUT2D eigenvalue weighted by atomic mass is 9.89. The number of carbonyl (C=O) groups is 2. The zero-order valence-electron chi connectivity index (χ0n) is 25.3. The van der Waals surface area contributed by atoms with E-state index < -0.39 is 59.9 Å². The van der Waals surface area contributed by atoms with Crippen molar-refractivity contribution in [3.63, 3.8) is 0 Å². The second-order valence-electron chi connectivity index (χ2n) is 11.4. The van der Waals surface area contributed by atoms with Crippen molar-refractivity contribution in [1.29, 1.82) is 0 Å². The number of ether oxygens (including phenoxy) is 4. The molecule has 242 valence electrons. The number of aliphatic hydroxyl groups is 1. The zero-order valence-corrected chi connectivity index (χ0v) is 25.3. The number of nitrogens with two attached hydrogens (primary N) is 1. The number of aromatic hydroxyl groups is 3. The highest BCUT2D eigenvalue weighted by Gasteiger charge is 2.53. The van der Waals surface area contributed by atoms with Crippen LogP contribution in [0.25, 0.3) is 22.1 Å². The third-order valence-electron chi connectivity index (χ3n) is 7.95. The molecule has 0 unspecified atom stereocenters. The number of carbonyl (C=O) groups excluding carboxylic acids is 2. The van der Waals surface area contributed by atoms with Crippen LogP contribution >= 0.6 is 0 Å². The van der Waals surface area contributed by atoms with Gasteiger partial charge in [-0.15, -0.1) is 0 Å². The molecule has 2 heterocycles. The van der Waals surface area contributed by atoms with E-state index in [1.165, 1.54) is 37.4 Å². The lowest BCUT2D eigenvalue weighted by molar-refractivity contribution is -0.304. The molecule has 1 amide bonds. The Labute approximate surface area is 262 Å². The first-order valence-corrected chi connectivity index (χ1v) is 14.2. The molecule has 1 aliphatic rings. The number of phenols is 2. The number of para-hydroxylation sites is 1. The Morgan fingerprint density at radius 3 is 2.43 bits per heavy atom. The summed E-state index contributed by atoms with van der Waals surface area (Å²) in [6, 6.07) is 13.6. The minimum absolute atomic E-state index is 0.0261. The molecule has 0 aliphatic carbocycles. The molecule has 5 rings (SSSR count). The van der Waals surface area contributed by atoms with Gasteiger partial charge in [0.05, 0.1) is 16.6 Å². The van der Waals surface area contributed by atoms with E-state index in [9.17, 15) is 34.8 Å². The van der Waals surface area contributed by atoms with Crippen molar-refractivity contribution < 1.29 is 53.4 Å². The van der Waals surface area contributed by atoms with Crippen molar-refractivity contribution in [3.05, 3.63) is 81.7 Å². The zero-order chi connectivity index (χ0) is 33.5. The van der Waals surface area contributed by atoms with Gasteiger partial charge < -0.3 is 49.5 Å². The minimum Gasteiger partial charge on any atom is -0.507 e. The summed E-state index contributed by atoms with van der Waals surface area (Å²) < 4.78 is 28.0. The fraction of sp³-hybridized carbons (Fsp3) is 0.303. The highest BCUT2D eigenvalue weighted by molar-refractivity contribution is 6.00. The number of rotatable bonds is 8. The van der Waals surface area contributed by atoms with Crippen LogP contribution in [0.2, 0.25) is 0 Å². The molecule has 4 aromatic rings. The summed E-state index contributed by atoms with van der Waals surface area (Å²) >= 11 is 0. The van der Waals surface area contributed by atoms with E-state index in [0.717, 1.165) is 0 Å². The van der Waals surface area contributed by atoms with Crippen molar-refractivity contribution in [2.75, 3.05) is 7.11 Å². The highest BCUT2D eigenvalue weighted by atomic mass is 16.7. The second-order valence-corrected chi connectivity index (χ2v) is 11.4. The van der Waals surface area contributed by atoms with Gasteiger partial charge in [0.15, 0.2) is 29.5 Å². The fourth-order valence-electron chi connectivity index (χ4n) is 5.64. The Morgan fingerprint density at radius 2 is 1.74 bits per heavy atom. The summed E-state index contributed by atoms with van der Waals surface area (Å²) in [4.78, 5) is 37.9. The average molecular weight is 636 g/mol. The fourth-order valence-corrected chi connectivity index (χ4v) is 5.64. The van der Waals surface area contributed by atoms with Gasteiger partial charge >= 0.3 is 11.7 Å². The van der Waals surface area contributed by atoms with Crippen LogP contribution in [0.1, 0.15) is 35.3 Å². The summed E-state index contributed by atoms with van der Waals surface area (Å²) in [5.41, 5.74) is 4.10. The largest absolute Gasteiger partial charge is 0.507 e. The van der Waals surface area contributed by atoms with Gasteiger partial charge in [-0.3, -0.25) is 4.79 Å². The van der Waals surface area contributed by atoms with E-state index in [4.69, 9.17) is 29.1 Å². The Balaban J connectivity index is 1.43. The number of amides is 1. The molecule has 1 fully saturated rings. The lowest BCUT2D eigenvalue weighted by Gasteiger charge is -2.47. The summed E-state index contributed by atoms with van der Waals surface area (Å²) in [5.74, 6) is -1.49. The number of aryl methyl sites for hydroxylation is 1. The van der Waals surface area contributed by atoms with Crippen molar-refractivity contribution in [3.8, 4) is 34.1 Å². The summed E-state index contributed by atoms with van der Waals surface area (Å²) in [6.45, 7) is 4.87. The normalized spacial score (nSPS) is 20.7. The number of fused-ring (bicyclic) bond motifs is 1. The molecule has 6 N–H and O–H groups in total. The van der Waals surface area contributed by atoms with Crippen LogP contribution in [-0.4, -0.2) is 69.6 Å². The van der Waals surface area contributed by atoms with E-state index in [1.807, 2.05) is 0 Å². The number of aliphatic hydroxyl groups excluding tert-OH is 1. The topological polar surface area (TPSA) is 208 Å². The van der Waals surface area contributed by atoms with Gasteiger partial charge in [0.2, 0.25) is 6.29 Å². The summed E-state index contributed by atoms with van der Waals surface area (Å²) in [6.07, 6.45) is -6.62.